The maximum atomic E-state index is 11.6. The fraction of sp³-hybridized carbons (Fsp3) is 0.267. The third-order valence-corrected chi connectivity index (χ3v) is 3.02. The predicted octanol–water partition coefficient (Wildman–Crippen LogP) is 2.71. The first-order valence-electron chi connectivity index (χ1n) is 6.16. The van der Waals surface area contributed by atoms with Crippen molar-refractivity contribution in [3.8, 4) is 5.75 Å². The van der Waals surface area contributed by atoms with Gasteiger partial charge in [-0.25, -0.2) is 4.79 Å². The Bertz CT molecular complexity index is 591. The third kappa shape index (κ3) is 2.77. The van der Waals surface area contributed by atoms with Crippen LogP contribution < -0.4 is 9.64 Å². The molecule has 0 saturated carbocycles. The van der Waals surface area contributed by atoms with Crippen LogP contribution in [0.2, 0.25) is 0 Å². The molecule has 0 aliphatic rings. The van der Waals surface area contributed by atoms with Gasteiger partial charge in [0.2, 0.25) is 5.76 Å². The molecular formula is C15H17NO4. The van der Waals surface area contributed by atoms with E-state index in [9.17, 15) is 4.79 Å². The highest BCUT2D eigenvalue weighted by atomic mass is 16.5. The van der Waals surface area contributed by atoms with E-state index in [1.54, 1.807) is 13.2 Å². The Balaban J connectivity index is 2.22. The second-order valence-electron chi connectivity index (χ2n) is 4.29. The zero-order chi connectivity index (χ0) is 14.5. The van der Waals surface area contributed by atoms with Crippen LogP contribution >= 0.6 is 0 Å². The van der Waals surface area contributed by atoms with Crippen LogP contribution in [0, 0.1) is 0 Å². The lowest BCUT2D eigenvalue weighted by atomic mass is 10.2. The van der Waals surface area contributed by atoms with Gasteiger partial charge in [-0.1, -0.05) is 12.1 Å². The maximum Gasteiger partial charge on any atom is 0.374 e. The van der Waals surface area contributed by atoms with Gasteiger partial charge in [-0.3, -0.25) is 0 Å². The van der Waals surface area contributed by atoms with E-state index in [1.807, 2.05) is 36.2 Å². The highest BCUT2D eigenvalue weighted by Crippen LogP contribution is 2.28. The first-order valence-corrected chi connectivity index (χ1v) is 6.16. The summed E-state index contributed by atoms with van der Waals surface area (Å²) in [5.74, 6) is 0.533. The zero-order valence-corrected chi connectivity index (χ0v) is 11.8. The van der Waals surface area contributed by atoms with Crippen molar-refractivity contribution in [1.29, 1.82) is 0 Å². The number of anilines is 1. The normalized spacial score (nSPS) is 10.2. The standard InChI is InChI=1S/C15H17NO4/c1-16(12-6-4-5-7-13(12)18-2)10-11-8-9-20-14(11)15(17)19-3/h4-9H,10H2,1-3H3. The molecule has 106 valence electrons. The largest absolute Gasteiger partial charge is 0.495 e. The van der Waals surface area contributed by atoms with Crippen LogP contribution in [0.25, 0.3) is 0 Å². The summed E-state index contributed by atoms with van der Waals surface area (Å²) in [6, 6.07) is 9.45. The zero-order valence-electron chi connectivity index (χ0n) is 11.8. The van der Waals surface area contributed by atoms with Crippen molar-refractivity contribution in [3.05, 3.63) is 47.9 Å². The van der Waals surface area contributed by atoms with E-state index < -0.39 is 5.97 Å². The highest BCUT2D eigenvalue weighted by Gasteiger charge is 2.18. The number of carbonyl (C=O) groups excluding carboxylic acids is 1. The van der Waals surface area contributed by atoms with Crippen LogP contribution in [0.5, 0.6) is 5.75 Å². The minimum Gasteiger partial charge on any atom is -0.495 e. The molecule has 5 nitrogen and oxygen atoms in total. The maximum absolute atomic E-state index is 11.6. The number of benzene rings is 1. The molecule has 0 radical (unpaired) electrons. The average Bonchev–Trinajstić information content (AvgIpc) is 2.94. The van der Waals surface area contributed by atoms with Crippen molar-refractivity contribution in [2.45, 2.75) is 6.54 Å². The van der Waals surface area contributed by atoms with Crippen LogP contribution in [0.3, 0.4) is 0 Å². The van der Waals surface area contributed by atoms with Crippen molar-refractivity contribution in [3.63, 3.8) is 0 Å². The van der Waals surface area contributed by atoms with Gasteiger partial charge in [0, 0.05) is 19.2 Å². The van der Waals surface area contributed by atoms with Crippen molar-refractivity contribution in [2.24, 2.45) is 0 Å². The Hall–Kier alpha value is -2.43. The molecule has 2 aromatic rings. The number of methoxy groups -OCH3 is 2. The van der Waals surface area contributed by atoms with E-state index in [0.717, 1.165) is 17.0 Å². The summed E-state index contributed by atoms with van der Waals surface area (Å²) in [4.78, 5) is 13.6. The fourth-order valence-electron chi connectivity index (χ4n) is 2.02. The molecule has 0 atom stereocenters. The number of para-hydroxylation sites is 2. The molecule has 0 saturated heterocycles. The summed E-state index contributed by atoms with van der Waals surface area (Å²) in [6.45, 7) is 0.515. The molecule has 20 heavy (non-hydrogen) atoms. The smallest absolute Gasteiger partial charge is 0.374 e. The van der Waals surface area contributed by atoms with Crippen molar-refractivity contribution < 1.29 is 18.7 Å². The number of nitrogens with zero attached hydrogens (tertiary/aromatic N) is 1. The Kier molecular flexibility index (Phi) is 4.30. The van der Waals surface area contributed by atoms with Crippen molar-refractivity contribution in [2.75, 3.05) is 26.2 Å². The molecule has 0 amide bonds. The summed E-state index contributed by atoms with van der Waals surface area (Å²) in [6.07, 6.45) is 1.48. The second-order valence-corrected chi connectivity index (χ2v) is 4.29. The fourth-order valence-corrected chi connectivity index (χ4v) is 2.02. The van der Waals surface area contributed by atoms with Gasteiger partial charge in [-0.2, -0.15) is 0 Å². The topological polar surface area (TPSA) is 51.9 Å². The second kappa shape index (κ2) is 6.14. The molecule has 0 N–H and O–H groups in total. The molecule has 1 aromatic carbocycles. The summed E-state index contributed by atoms with van der Waals surface area (Å²) in [5.41, 5.74) is 1.71. The Morgan fingerprint density at radius 2 is 2.00 bits per heavy atom. The number of rotatable bonds is 5. The van der Waals surface area contributed by atoms with Crippen LogP contribution in [-0.2, 0) is 11.3 Å². The number of ether oxygens (including phenoxy) is 2. The number of hydrogen-bond acceptors (Lipinski definition) is 5. The minimum absolute atomic E-state index is 0.231. The van der Waals surface area contributed by atoms with E-state index in [4.69, 9.17) is 13.9 Å². The third-order valence-electron chi connectivity index (χ3n) is 3.02. The molecule has 0 bridgehead atoms. The quantitative estimate of drug-likeness (QED) is 0.785. The number of furan rings is 1. The summed E-state index contributed by atoms with van der Waals surface area (Å²) >= 11 is 0. The lowest BCUT2D eigenvalue weighted by Gasteiger charge is -2.21. The molecule has 0 unspecified atom stereocenters. The van der Waals surface area contributed by atoms with Crippen molar-refractivity contribution in [1.82, 2.24) is 0 Å². The molecular weight excluding hydrogens is 258 g/mol. The van der Waals surface area contributed by atoms with Crippen LogP contribution in [0.15, 0.2) is 41.0 Å². The lowest BCUT2D eigenvalue weighted by molar-refractivity contribution is 0.0563. The summed E-state index contributed by atoms with van der Waals surface area (Å²) in [7, 11) is 4.88. The highest BCUT2D eigenvalue weighted by molar-refractivity contribution is 5.88. The first-order chi connectivity index (χ1) is 9.67. The Labute approximate surface area is 117 Å². The van der Waals surface area contributed by atoms with Gasteiger partial charge in [0.05, 0.1) is 26.2 Å². The van der Waals surface area contributed by atoms with Gasteiger partial charge >= 0.3 is 5.97 Å². The van der Waals surface area contributed by atoms with E-state index in [2.05, 4.69) is 0 Å². The van der Waals surface area contributed by atoms with E-state index >= 15 is 0 Å². The SMILES string of the molecule is COC(=O)c1occc1CN(C)c1ccccc1OC. The molecule has 0 fully saturated rings. The molecule has 1 heterocycles. The molecule has 2 rings (SSSR count). The first kappa shape index (κ1) is 14.0. The summed E-state index contributed by atoms with van der Waals surface area (Å²) < 4.78 is 15.2. The van der Waals surface area contributed by atoms with E-state index in [0.29, 0.717) is 6.54 Å². The number of carbonyl (C=O) groups is 1. The molecule has 0 spiro atoms. The van der Waals surface area contributed by atoms with Crippen molar-refractivity contribution >= 4 is 11.7 Å². The van der Waals surface area contributed by atoms with Gasteiger partial charge in [0.25, 0.3) is 0 Å². The van der Waals surface area contributed by atoms with Gasteiger partial charge in [0.15, 0.2) is 0 Å². The van der Waals surface area contributed by atoms with E-state index in [-0.39, 0.29) is 5.76 Å². The van der Waals surface area contributed by atoms with Gasteiger partial charge in [-0.15, -0.1) is 0 Å². The van der Waals surface area contributed by atoms with Crippen LogP contribution in [0.4, 0.5) is 5.69 Å². The number of esters is 1. The molecule has 0 aliphatic heterocycles. The monoisotopic (exact) mass is 275 g/mol. The van der Waals surface area contributed by atoms with Gasteiger partial charge in [-0.05, 0) is 18.2 Å². The molecule has 5 heteroatoms. The molecule has 0 aliphatic carbocycles. The lowest BCUT2D eigenvalue weighted by Crippen LogP contribution is -2.18. The van der Waals surface area contributed by atoms with Crippen LogP contribution in [-0.4, -0.2) is 27.2 Å². The van der Waals surface area contributed by atoms with Crippen LogP contribution in [0.1, 0.15) is 16.1 Å². The average molecular weight is 275 g/mol. The predicted molar refractivity (Wildman–Crippen MR) is 75.1 cm³/mol. The van der Waals surface area contributed by atoms with E-state index in [1.165, 1.54) is 13.4 Å². The number of hydrogen-bond donors (Lipinski definition) is 0. The Morgan fingerprint density at radius 3 is 2.70 bits per heavy atom. The summed E-state index contributed by atoms with van der Waals surface area (Å²) in [5, 5.41) is 0. The Morgan fingerprint density at radius 1 is 1.25 bits per heavy atom. The molecule has 1 aromatic heterocycles. The minimum atomic E-state index is -0.474. The van der Waals surface area contributed by atoms with Gasteiger partial charge < -0.3 is 18.8 Å². The van der Waals surface area contributed by atoms with Gasteiger partial charge in [0.1, 0.15) is 5.75 Å².